The van der Waals surface area contributed by atoms with Crippen molar-refractivity contribution >= 4 is 27.7 Å². The Balaban J connectivity index is 2.02. The summed E-state index contributed by atoms with van der Waals surface area (Å²) >= 11 is 3.15. The molecule has 0 amide bonds. The number of aryl methyl sites for hydroxylation is 1. The summed E-state index contributed by atoms with van der Waals surface area (Å²) in [6.45, 7) is 1.48. The van der Waals surface area contributed by atoms with E-state index >= 15 is 0 Å². The number of hydrogen-bond acceptors (Lipinski definition) is 3. The van der Waals surface area contributed by atoms with Crippen molar-refractivity contribution in [1.29, 1.82) is 0 Å². The summed E-state index contributed by atoms with van der Waals surface area (Å²) < 4.78 is 18.9. The first-order chi connectivity index (χ1) is 9.97. The lowest BCUT2D eigenvalue weighted by atomic mass is 10.1. The SMILES string of the molecule is Cc1ccc(C(=O)COC(=O)c2cc(Br)ccc2F)cc1. The lowest BCUT2D eigenvalue weighted by molar-refractivity contribution is 0.0470. The topological polar surface area (TPSA) is 43.4 Å². The van der Waals surface area contributed by atoms with E-state index in [1.807, 2.05) is 6.92 Å². The van der Waals surface area contributed by atoms with Crippen LogP contribution in [0.25, 0.3) is 0 Å². The van der Waals surface area contributed by atoms with E-state index in [1.165, 1.54) is 12.1 Å². The first-order valence-electron chi connectivity index (χ1n) is 6.19. The van der Waals surface area contributed by atoms with Crippen LogP contribution in [0.2, 0.25) is 0 Å². The molecule has 0 N–H and O–H groups in total. The highest BCUT2D eigenvalue weighted by molar-refractivity contribution is 9.10. The molecular weight excluding hydrogens is 339 g/mol. The van der Waals surface area contributed by atoms with Crippen LogP contribution in [-0.4, -0.2) is 18.4 Å². The average Bonchev–Trinajstić information content (AvgIpc) is 2.47. The minimum Gasteiger partial charge on any atom is -0.454 e. The van der Waals surface area contributed by atoms with Gasteiger partial charge in [-0.3, -0.25) is 4.79 Å². The van der Waals surface area contributed by atoms with Gasteiger partial charge in [0.2, 0.25) is 0 Å². The van der Waals surface area contributed by atoms with Gasteiger partial charge >= 0.3 is 5.97 Å². The van der Waals surface area contributed by atoms with Gasteiger partial charge in [0, 0.05) is 10.0 Å². The molecule has 3 nitrogen and oxygen atoms in total. The highest BCUT2D eigenvalue weighted by atomic mass is 79.9. The molecule has 0 aliphatic carbocycles. The first kappa shape index (κ1) is 15.4. The maximum atomic E-state index is 13.5. The first-order valence-corrected chi connectivity index (χ1v) is 6.98. The fourth-order valence-corrected chi connectivity index (χ4v) is 2.05. The van der Waals surface area contributed by atoms with Gasteiger partial charge < -0.3 is 4.74 Å². The Morgan fingerprint density at radius 2 is 1.81 bits per heavy atom. The van der Waals surface area contributed by atoms with Crippen LogP contribution >= 0.6 is 15.9 Å². The zero-order chi connectivity index (χ0) is 15.4. The number of halogens is 2. The van der Waals surface area contributed by atoms with E-state index in [4.69, 9.17) is 4.74 Å². The van der Waals surface area contributed by atoms with E-state index < -0.39 is 18.4 Å². The number of benzene rings is 2. The van der Waals surface area contributed by atoms with Crippen LogP contribution in [0.3, 0.4) is 0 Å². The number of esters is 1. The molecule has 0 spiro atoms. The molecule has 2 aromatic carbocycles. The minimum absolute atomic E-state index is 0.207. The number of carbonyl (C=O) groups excluding carboxylic acids is 2. The molecule has 5 heteroatoms. The van der Waals surface area contributed by atoms with Gasteiger partial charge in [0.05, 0.1) is 5.56 Å². The van der Waals surface area contributed by atoms with Crippen LogP contribution in [-0.2, 0) is 4.74 Å². The van der Waals surface area contributed by atoms with Crippen molar-refractivity contribution in [2.45, 2.75) is 6.92 Å². The number of ketones is 1. The Hall–Kier alpha value is -2.01. The summed E-state index contributed by atoms with van der Waals surface area (Å²) in [6, 6.07) is 10.8. The standard InChI is InChI=1S/C16H12BrFO3/c1-10-2-4-11(5-3-10)15(19)9-21-16(20)13-8-12(17)6-7-14(13)18/h2-8H,9H2,1H3. The number of Topliss-reactive ketones (excluding diaryl/α,β-unsaturated/α-hetero) is 1. The number of carbonyl (C=O) groups is 2. The summed E-state index contributed by atoms with van der Waals surface area (Å²) in [6.07, 6.45) is 0. The molecule has 0 unspecified atom stereocenters. The van der Waals surface area contributed by atoms with E-state index in [0.29, 0.717) is 10.0 Å². The summed E-state index contributed by atoms with van der Waals surface area (Å²) in [7, 11) is 0. The summed E-state index contributed by atoms with van der Waals surface area (Å²) in [4.78, 5) is 23.6. The minimum atomic E-state index is -0.866. The van der Waals surface area contributed by atoms with Crippen molar-refractivity contribution in [1.82, 2.24) is 0 Å². The van der Waals surface area contributed by atoms with E-state index in [-0.39, 0.29) is 11.3 Å². The second-order valence-corrected chi connectivity index (χ2v) is 5.41. The molecule has 0 aliphatic heterocycles. The molecule has 0 radical (unpaired) electrons. The molecule has 21 heavy (non-hydrogen) atoms. The van der Waals surface area contributed by atoms with Crippen LogP contribution in [0, 0.1) is 12.7 Å². The maximum absolute atomic E-state index is 13.5. The molecule has 0 bridgehead atoms. The predicted octanol–water partition coefficient (Wildman–Crippen LogP) is 3.94. The second kappa shape index (κ2) is 6.63. The lowest BCUT2D eigenvalue weighted by Crippen LogP contribution is -2.15. The highest BCUT2D eigenvalue weighted by Crippen LogP contribution is 2.16. The molecule has 108 valence electrons. The molecular formula is C16H12BrFO3. The Kier molecular flexibility index (Phi) is 4.85. The van der Waals surface area contributed by atoms with Gasteiger partial charge in [0.25, 0.3) is 0 Å². The fraction of sp³-hybridized carbons (Fsp3) is 0.125. The van der Waals surface area contributed by atoms with E-state index in [0.717, 1.165) is 11.6 Å². The zero-order valence-corrected chi connectivity index (χ0v) is 12.8. The third kappa shape index (κ3) is 3.98. The molecule has 0 aliphatic rings. The Labute approximate surface area is 129 Å². The molecule has 2 rings (SSSR count). The summed E-state index contributed by atoms with van der Waals surface area (Å²) in [5, 5.41) is 0. The number of ether oxygens (including phenoxy) is 1. The quantitative estimate of drug-likeness (QED) is 0.619. The summed E-state index contributed by atoms with van der Waals surface area (Å²) in [5.41, 5.74) is 1.27. The van der Waals surface area contributed by atoms with E-state index in [1.54, 1.807) is 24.3 Å². The largest absolute Gasteiger partial charge is 0.454 e. The van der Waals surface area contributed by atoms with Crippen LogP contribution in [0.5, 0.6) is 0 Å². The number of rotatable bonds is 4. The van der Waals surface area contributed by atoms with Gasteiger partial charge in [-0.2, -0.15) is 0 Å². The van der Waals surface area contributed by atoms with E-state index in [2.05, 4.69) is 15.9 Å². The van der Waals surface area contributed by atoms with Gasteiger partial charge in [-0.15, -0.1) is 0 Å². The Morgan fingerprint density at radius 1 is 1.14 bits per heavy atom. The fourth-order valence-electron chi connectivity index (χ4n) is 1.69. The van der Waals surface area contributed by atoms with Crippen LogP contribution < -0.4 is 0 Å². The van der Waals surface area contributed by atoms with Gasteiger partial charge in [0.1, 0.15) is 5.82 Å². The third-order valence-electron chi connectivity index (χ3n) is 2.86. The third-order valence-corrected chi connectivity index (χ3v) is 3.35. The highest BCUT2D eigenvalue weighted by Gasteiger charge is 2.16. The van der Waals surface area contributed by atoms with Crippen molar-refractivity contribution in [3.8, 4) is 0 Å². The van der Waals surface area contributed by atoms with Gasteiger partial charge in [-0.1, -0.05) is 45.8 Å². The lowest BCUT2D eigenvalue weighted by Gasteiger charge is -2.06. The zero-order valence-electron chi connectivity index (χ0n) is 11.2. The van der Waals surface area contributed by atoms with Gasteiger partial charge in [-0.05, 0) is 25.1 Å². The van der Waals surface area contributed by atoms with Gasteiger partial charge in [0.15, 0.2) is 12.4 Å². The molecule has 0 fully saturated rings. The van der Waals surface area contributed by atoms with Crippen molar-refractivity contribution < 1.29 is 18.7 Å². The van der Waals surface area contributed by atoms with Crippen LogP contribution in [0.15, 0.2) is 46.9 Å². The Bertz CT molecular complexity index is 680. The van der Waals surface area contributed by atoms with Crippen LogP contribution in [0.1, 0.15) is 26.3 Å². The molecule has 0 atom stereocenters. The molecule has 0 aromatic heterocycles. The summed E-state index contributed by atoms with van der Waals surface area (Å²) in [5.74, 6) is -1.89. The monoisotopic (exact) mass is 350 g/mol. The van der Waals surface area contributed by atoms with Gasteiger partial charge in [-0.25, -0.2) is 9.18 Å². The molecule has 2 aromatic rings. The van der Waals surface area contributed by atoms with E-state index in [9.17, 15) is 14.0 Å². The normalized spacial score (nSPS) is 10.2. The number of hydrogen-bond donors (Lipinski definition) is 0. The maximum Gasteiger partial charge on any atom is 0.341 e. The second-order valence-electron chi connectivity index (χ2n) is 4.49. The van der Waals surface area contributed by atoms with Crippen molar-refractivity contribution in [3.63, 3.8) is 0 Å². The van der Waals surface area contributed by atoms with Crippen molar-refractivity contribution in [2.24, 2.45) is 0 Å². The van der Waals surface area contributed by atoms with Crippen LogP contribution in [0.4, 0.5) is 4.39 Å². The smallest absolute Gasteiger partial charge is 0.341 e. The molecule has 0 saturated heterocycles. The Morgan fingerprint density at radius 3 is 2.48 bits per heavy atom. The molecule has 0 saturated carbocycles. The molecule has 0 heterocycles. The average molecular weight is 351 g/mol. The van der Waals surface area contributed by atoms with Crippen molar-refractivity contribution in [2.75, 3.05) is 6.61 Å². The predicted molar refractivity (Wildman–Crippen MR) is 79.9 cm³/mol. The van der Waals surface area contributed by atoms with Crippen molar-refractivity contribution in [3.05, 3.63) is 69.4 Å².